The van der Waals surface area contributed by atoms with Gasteiger partial charge in [-0.3, -0.25) is 0 Å². The van der Waals surface area contributed by atoms with Gasteiger partial charge in [0, 0.05) is 0 Å². The van der Waals surface area contributed by atoms with Crippen LogP contribution in [0.5, 0.6) is 0 Å². The van der Waals surface area contributed by atoms with E-state index in [4.69, 9.17) is 0 Å². The Labute approximate surface area is 136 Å². The van der Waals surface area contributed by atoms with Gasteiger partial charge in [-0.25, -0.2) is 8.42 Å². The fraction of sp³-hybridized carbons (Fsp3) is 0.286. The van der Waals surface area contributed by atoms with Gasteiger partial charge in [0.05, 0.1) is 4.90 Å². The van der Waals surface area contributed by atoms with E-state index in [1.807, 2.05) is 32.0 Å². The monoisotopic (exact) mass is 286 g/mol. The van der Waals surface area contributed by atoms with Crippen molar-refractivity contribution in [3.63, 3.8) is 0 Å². The molecule has 2 rings (SSSR count). The molecule has 0 saturated heterocycles. The molecule has 0 aromatic heterocycles. The van der Waals surface area contributed by atoms with Crippen LogP contribution in [-0.2, 0) is 23.0 Å². The molecule has 0 N–H and O–H groups in total. The zero-order valence-corrected chi connectivity index (χ0v) is 14.3. The van der Waals surface area contributed by atoms with Crippen molar-refractivity contribution in [2.45, 2.75) is 31.6 Å². The maximum atomic E-state index is 11.2. The van der Waals surface area contributed by atoms with Gasteiger partial charge in [0.15, 0.2) is 0 Å². The van der Waals surface area contributed by atoms with Crippen LogP contribution in [0.4, 0.5) is 0 Å². The molecule has 3 nitrogen and oxygen atoms in total. The minimum Gasteiger partial charge on any atom is -0.744 e. The van der Waals surface area contributed by atoms with Crippen LogP contribution in [0.2, 0.25) is 0 Å². The van der Waals surface area contributed by atoms with E-state index in [0.717, 1.165) is 28.3 Å². The van der Waals surface area contributed by atoms with Crippen molar-refractivity contribution in [3.05, 3.63) is 41.5 Å². The van der Waals surface area contributed by atoms with Gasteiger partial charge in [0.25, 0.3) is 0 Å². The number of hydrogen-bond donors (Lipinski definition) is 0. The molecular formula is C14H15NaO3S. The molecule has 96 valence electrons. The Morgan fingerprint density at radius 2 is 1.63 bits per heavy atom. The van der Waals surface area contributed by atoms with Gasteiger partial charge in [0.1, 0.15) is 10.1 Å². The zero-order chi connectivity index (χ0) is 13.3. The second kappa shape index (κ2) is 6.37. The molecule has 0 fully saturated rings. The topological polar surface area (TPSA) is 57.2 Å². The molecule has 2 aromatic carbocycles. The number of fused-ring (bicyclic) bond motifs is 1. The summed E-state index contributed by atoms with van der Waals surface area (Å²) in [5.74, 6) is 0. The van der Waals surface area contributed by atoms with E-state index in [1.54, 1.807) is 0 Å². The van der Waals surface area contributed by atoms with Crippen molar-refractivity contribution < 1.29 is 42.5 Å². The van der Waals surface area contributed by atoms with Crippen LogP contribution < -0.4 is 29.6 Å². The third-order valence-corrected chi connectivity index (χ3v) is 4.01. The van der Waals surface area contributed by atoms with Gasteiger partial charge >= 0.3 is 29.6 Å². The Balaban J connectivity index is 0.00000180. The van der Waals surface area contributed by atoms with Crippen molar-refractivity contribution in [2.24, 2.45) is 0 Å². The molecule has 0 radical (unpaired) electrons. The zero-order valence-electron chi connectivity index (χ0n) is 11.4. The van der Waals surface area contributed by atoms with Crippen LogP contribution in [0.3, 0.4) is 0 Å². The van der Waals surface area contributed by atoms with Crippen LogP contribution in [0.15, 0.2) is 35.2 Å². The molecule has 0 amide bonds. The smallest absolute Gasteiger partial charge is 0.744 e. The molecule has 0 bridgehead atoms. The summed E-state index contributed by atoms with van der Waals surface area (Å²) in [7, 11) is -4.40. The first-order chi connectivity index (χ1) is 8.47. The van der Waals surface area contributed by atoms with Crippen LogP contribution in [0.1, 0.15) is 25.0 Å². The van der Waals surface area contributed by atoms with Crippen LogP contribution in [0, 0.1) is 0 Å². The van der Waals surface area contributed by atoms with E-state index in [2.05, 4.69) is 0 Å². The minimum atomic E-state index is -4.40. The Kier molecular flexibility index (Phi) is 5.59. The Morgan fingerprint density at radius 1 is 1.00 bits per heavy atom. The van der Waals surface area contributed by atoms with Crippen LogP contribution in [-0.4, -0.2) is 13.0 Å². The van der Waals surface area contributed by atoms with Gasteiger partial charge in [-0.2, -0.15) is 0 Å². The van der Waals surface area contributed by atoms with Crippen molar-refractivity contribution in [1.82, 2.24) is 0 Å². The third kappa shape index (κ3) is 3.38. The van der Waals surface area contributed by atoms with Gasteiger partial charge in [-0.15, -0.1) is 0 Å². The first-order valence-corrected chi connectivity index (χ1v) is 7.38. The van der Waals surface area contributed by atoms with E-state index in [9.17, 15) is 13.0 Å². The number of aryl methyl sites for hydroxylation is 2. The molecule has 0 heterocycles. The predicted octanol–water partition coefficient (Wildman–Crippen LogP) is -0.127. The molecule has 5 heteroatoms. The average Bonchev–Trinajstić information content (AvgIpc) is 2.35. The van der Waals surface area contributed by atoms with E-state index < -0.39 is 10.1 Å². The molecule has 19 heavy (non-hydrogen) atoms. The van der Waals surface area contributed by atoms with Crippen LogP contribution >= 0.6 is 0 Å². The van der Waals surface area contributed by atoms with Crippen molar-refractivity contribution >= 4 is 20.9 Å². The second-order valence-electron chi connectivity index (χ2n) is 4.26. The average molecular weight is 286 g/mol. The summed E-state index contributed by atoms with van der Waals surface area (Å²) in [5, 5.41) is 1.90. The molecular weight excluding hydrogens is 271 g/mol. The summed E-state index contributed by atoms with van der Waals surface area (Å²) in [6.07, 6.45) is 1.51. The van der Waals surface area contributed by atoms with E-state index in [0.29, 0.717) is 6.42 Å². The first-order valence-electron chi connectivity index (χ1n) is 5.97. The summed E-state index contributed by atoms with van der Waals surface area (Å²) < 4.78 is 33.6. The summed E-state index contributed by atoms with van der Waals surface area (Å²) in [6, 6.07) is 8.88. The van der Waals surface area contributed by atoms with E-state index in [1.165, 1.54) is 12.1 Å². The van der Waals surface area contributed by atoms with Gasteiger partial charge in [-0.1, -0.05) is 32.0 Å². The largest absolute Gasteiger partial charge is 1.00 e. The molecule has 0 atom stereocenters. The molecule has 0 aliphatic rings. The third-order valence-electron chi connectivity index (χ3n) is 3.20. The Hall–Kier alpha value is -0.390. The van der Waals surface area contributed by atoms with E-state index >= 15 is 0 Å². The van der Waals surface area contributed by atoms with E-state index in [-0.39, 0.29) is 34.5 Å². The van der Waals surface area contributed by atoms with Gasteiger partial charge in [0.2, 0.25) is 0 Å². The van der Waals surface area contributed by atoms with Crippen LogP contribution in [0.25, 0.3) is 10.8 Å². The summed E-state index contributed by atoms with van der Waals surface area (Å²) in [6.45, 7) is 3.97. The first kappa shape index (κ1) is 16.7. The summed E-state index contributed by atoms with van der Waals surface area (Å²) in [4.78, 5) is -0.132. The molecule has 0 aliphatic heterocycles. The Bertz CT molecular complexity index is 693. The second-order valence-corrected chi connectivity index (χ2v) is 5.64. The fourth-order valence-electron chi connectivity index (χ4n) is 2.24. The normalized spacial score (nSPS) is 11.3. The maximum absolute atomic E-state index is 11.2. The quantitative estimate of drug-likeness (QED) is 0.583. The minimum absolute atomic E-state index is 0. The van der Waals surface area contributed by atoms with Gasteiger partial charge in [-0.05, 0) is 46.9 Å². The number of hydrogen-bond acceptors (Lipinski definition) is 3. The number of benzene rings is 2. The molecule has 0 saturated carbocycles. The van der Waals surface area contributed by atoms with Crippen molar-refractivity contribution in [1.29, 1.82) is 0 Å². The standard InChI is InChI=1S/C14H16O3S.Na/c1-3-10-6-5-7-13-11(4-2)8-12(9-14(10)13)18(15,16)17;/h5-9H,3-4H2,1-2H3,(H,15,16,17);/q;+1/p-1. The van der Waals surface area contributed by atoms with Gasteiger partial charge < -0.3 is 4.55 Å². The molecule has 0 aliphatic carbocycles. The van der Waals surface area contributed by atoms with Crippen molar-refractivity contribution in [2.75, 3.05) is 0 Å². The van der Waals surface area contributed by atoms with Crippen molar-refractivity contribution in [3.8, 4) is 0 Å². The summed E-state index contributed by atoms with van der Waals surface area (Å²) in [5.41, 5.74) is 1.96. The number of rotatable bonds is 3. The Morgan fingerprint density at radius 3 is 2.16 bits per heavy atom. The predicted molar refractivity (Wildman–Crippen MR) is 70.7 cm³/mol. The SMILES string of the molecule is CCc1cc(S(=O)(=O)[O-])cc2c(CC)cccc12.[Na+]. The summed E-state index contributed by atoms with van der Waals surface area (Å²) >= 11 is 0. The maximum Gasteiger partial charge on any atom is 1.00 e. The fourth-order valence-corrected chi connectivity index (χ4v) is 2.79. The molecule has 2 aromatic rings. The molecule has 0 spiro atoms. The molecule has 0 unspecified atom stereocenters.